The number of hydrogen-bond donors (Lipinski definition) is 1. The summed E-state index contributed by atoms with van der Waals surface area (Å²) in [6.07, 6.45) is 5.59. The molecule has 0 aromatic rings. The Balaban J connectivity index is 2.33. The van der Waals surface area contributed by atoms with Crippen LogP contribution in [0.25, 0.3) is 0 Å². The van der Waals surface area contributed by atoms with Crippen LogP contribution in [0.15, 0.2) is 22.2 Å². The van der Waals surface area contributed by atoms with E-state index in [0.717, 1.165) is 0 Å². The van der Waals surface area contributed by atoms with E-state index in [0.29, 0.717) is 11.8 Å². The summed E-state index contributed by atoms with van der Waals surface area (Å²) in [5, 5.41) is 8.94. The standard InChI is InChI=1S/C8H9BrO/c9-8-6-2-1-5(3-6)7(8)4-10/h1-2,5-6,10H,3-4H2. The Morgan fingerprint density at radius 1 is 1.50 bits per heavy atom. The second-order valence-electron chi connectivity index (χ2n) is 2.86. The maximum absolute atomic E-state index is 8.94. The SMILES string of the molecule is OCC1=C(Br)C2C=CC1C2. The molecule has 2 rings (SSSR count). The van der Waals surface area contributed by atoms with Crippen LogP contribution in [-0.4, -0.2) is 11.7 Å². The number of aliphatic hydroxyl groups is 1. The van der Waals surface area contributed by atoms with Gasteiger partial charge in [-0.05, 0) is 12.0 Å². The van der Waals surface area contributed by atoms with Gasteiger partial charge in [0.2, 0.25) is 0 Å². The molecule has 0 aromatic heterocycles. The van der Waals surface area contributed by atoms with Crippen LogP contribution in [0.5, 0.6) is 0 Å². The van der Waals surface area contributed by atoms with Crippen LogP contribution < -0.4 is 0 Å². The summed E-state index contributed by atoms with van der Waals surface area (Å²) in [5.74, 6) is 1.11. The zero-order valence-corrected chi connectivity index (χ0v) is 7.13. The van der Waals surface area contributed by atoms with Crippen molar-refractivity contribution in [1.82, 2.24) is 0 Å². The number of halogens is 1. The zero-order valence-electron chi connectivity index (χ0n) is 5.55. The predicted octanol–water partition coefficient (Wildman–Crippen LogP) is 1.83. The van der Waals surface area contributed by atoms with Gasteiger partial charge in [-0.2, -0.15) is 0 Å². The minimum absolute atomic E-state index is 0.214. The topological polar surface area (TPSA) is 20.2 Å². The molecule has 0 aromatic carbocycles. The van der Waals surface area contributed by atoms with Gasteiger partial charge in [-0.25, -0.2) is 0 Å². The van der Waals surface area contributed by atoms with Crippen LogP contribution >= 0.6 is 15.9 Å². The molecule has 0 aliphatic heterocycles. The Labute approximate surface area is 68.6 Å². The average Bonchev–Trinajstić information content (AvgIpc) is 2.46. The number of aliphatic hydroxyl groups excluding tert-OH is 1. The maximum Gasteiger partial charge on any atom is 0.0658 e. The molecular formula is C8H9BrO. The highest BCUT2D eigenvalue weighted by Crippen LogP contribution is 2.45. The smallest absolute Gasteiger partial charge is 0.0658 e. The molecule has 2 bridgehead atoms. The molecule has 0 fully saturated rings. The van der Waals surface area contributed by atoms with Gasteiger partial charge in [0.25, 0.3) is 0 Å². The van der Waals surface area contributed by atoms with Crippen LogP contribution in [-0.2, 0) is 0 Å². The Hall–Kier alpha value is -0.0800. The van der Waals surface area contributed by atoms with Crippen LogP contribution in [0.1, 0.15) is 6.42 Å². The minimum Gasteiger partial charge on any atom is -0.392 e. The summed E-state index contributed by atoms with van der Waals surface area (Å²) >= 11 is 3.49. The van der Waals surface area contributed by atoms with E-state index in [2.05, 4.69) is 28.1 Å². The first-order valence-corrected chi connectivity index (χ1v) is 4.30. The summed E-state index contributed by atoms with van der Waals surface area (Å²) in [5.41, 5.74) is 1.19. The summed E-state index contributed by atoms with van der Waals surface area (Å²) in [4.78, 5) is 0. The highest BCUT2D eigenvalue weighted by atomic mass is 79.9. The van der Waals surface area contributed by atoms with Crippen LogP contribution in [0.3, 0.4) is 0 Å². The van der Waals surface area contributed by atoms with Gasteiger partial charge >= 0.3 is 0 Å². The molecule has 0 heterocycles. The van der Waals surface area contributed by atoms with E-state index in [1.165, 1.54) is 16.5 Å². The lowest BCUT2D eigenvalue weighted by atomic mass is 10.0. The third-order valence-corrected chi connectivity index (χ3v) is 3.43. The third kappa shape index (κ3) is 0.722. The lowest BCUT2D eigenvalue weighted by molar-refractivity contribution is 0.322. The van der Waals surface area contributed by atoms with E-state index < -0.39 is 0 Å². The van der Waals surface area contributed by atoms with Gasteiger partial charge in [-0.3, -0.25) is 0 Å². The van der Waals surface area contributed by atoms with E-state index in [-0.39, 0.29) is 6.61 Å². The van der Waals surface area contributed by atoms with Crippen molar-refractivity contribution in [3.63, 3.8) is 0 Å². The first-order chi connectivity index (χ1) is 4.83. The quantitative estimate of drug-likeness (QED) is 0.641. The number of hydrogen-bond acceptors (Lipinski definition) is 1. The normalized spacial score (nSPS) is 36.2. The zero-order chi connectivity index (χ0) is 7.14. The molecule has 10 heavy (non-hydrogen) atoms. The van der Waals surface area contributed by atoms with E-state index in [1.807, 2.05) is 0 Å². The lowest BCUT2D eigenvalue weighted by Gasteiger charge is -2.07. The monoisotopic (exact) mass is 200 g/mol. The third-order valence-electron chi connectivity index (χ3n) is 2.33. The Kier molecular flexibility index (Phi) is 1.46. The second kappa shape index (κ2) is 2.21. The molecule has 0 amide bonds. The van der Waals surface area contributed by atoms with Gasteiger partial charge in [0, 0.05) is 16.3 Å². The Bertz CT molecular complexity index is 217. The van der Waals surface area contributed by atoms with Crippen molar-refractivity contribution in [2.75, 3.05) is 6.61 Å². The summed E-state index contributed by atoms with van der Waals surface area (Å²) in [7, 11) is 0. The van der Waals surface area contributed by atoms with Gasteiger partial charge in [-0.1, -0.05) is 28.1 Å². The molecule has 1 N–H and O–H groups in total. The lowest BCUT2D eigenvalue weighted by Crippen LogP contribution is -1.99. The molecule has 0 spiro atoms. The molecule has 2 aliphatic carbocycles. The summed E-state index contributed by atoms with van der Waals surface area (Å²) in [6.45, 7) is 0.214. The molecular weight excluding hydrogens is 192 g/mol. The van der Waals surface area contributed by atoms with Gasteiger partial charge in [0.05, 0.1) is 6.61 Å². The molecule has 0 radical (unpaired) electrons. The van der Waals surface area contributed by atoms with Crippen LogP contribution in [0, 0.1) is 11.8 Å². The van der Waals surface area contributed by atoms with Crippen LogP contribution in [0.2, 0.25) is 0 Å². The van der Waals surface area contributed by atoms with Crippen LogP contribution in [0.4, 0.5) is 0 Å². The van der Waals surface area contributed by atoms with Gasteiger partial charge in [0.15, 0.2) is 0 Å². The highest BCUT2D eigenvalue weighted by Gasteiger charge is 2.32. The fourth-order valence-electron chi connectivity index (χ4n) is 1.75. The van der Waals surface area contributed by atoms with Crippen molar-refractivity contribution >= 4 is 15.9 Å². The summed E-state index contributed by atoms with van der Waals surface area (Å²) in [6, 6.07) is 0. The molecule has 2 heteroatoms. The first-order valence-electron chi connectivity index (χ1n) is 3.50. The largest absolute Gasteiger partial charge is 0.392 e. The van der Waals surface area contributed by atoms with Crippen molar-refractivity contribution in [2.24, 2.45) is 11.8 Å². The average molecular weight is 201 g/mol. The Morgan fingerprint density at radius 3 is 2.60 bits per heavy atom. The van der Waals surface area contributed by atoms with Gasteiger partial charge in [0.1, 0.15) is 0 Å². The number of rotatable bonds is 1. The Morgan fingerprint density at radius 2 is 2.20 bits per heavy atom. The predicted molar refractivity (Wildman–Crippen MR) is 43.8 cm³/mol. The number of allylic oxidation sites excluding steroid dienone is 3. The molecule has 0 saturated carbocycles. The second-order valence-corrected chi connectivity index (χ2v) is 3.72. The van der Waals surface area contributed by atoms with Crippen molar-refractivity contribution < 1.29 is 5.11 Å². The van der Waals surface area contributed by atoms with Crippen molar-refractivity contribution in [1.29, 1.82) is 0 Å². The fourth-order valence-corrected chi connectivity index (χ4v) is 2.51. The van der Waals surface area contributed by atoms with Crippen molar-refractivity contribution in [2.45, 2.75) is 6.42 Å². The molecule has 2 atom stereocenters. The van der Waals surface area contributed by atoms with Crippen molar-refractivity contribution in [3.05, 3.63) is 22.2 Å². The minimum atomic E-state index is 0.214. The number of fused-ring (bicyclic) bond motifs is 2. The fraction of sp³-hybridized carbons (Fsp3) is 0.500. The molecule has 1 nitrogen and oxygen atoms in total. The van der Waals surface area contributed by atoms with E-state index >= 15 is 0 Å². The maximum atomic E-state index is 8.94. The van der Waals surface area contributed by atoms with Gasteiger partial charge < -0.3 is 5.11 Å². The van der Waals surface area contributed by atoms with E-state index in [9.17, 15) is 0 Å². The van der Waals surface area contributed by atoms with E-state index in [1.54, 1.807) is 0 Å². The molecule has 2 aliphatic rings. The van der Waals surface area contributed by atoms with E-state index in [4.69, 9.17) is 5.11 Å². The van der Waals surface area contributed by atoms with Crippen molar-refractivity contribution in [3.8, 4) is 0 Å². The molecule has 0 saturated heterocycles. The first kappa shape index (κ1) is 6.62. The van der Waals surface area contributed by atoms with Gasteiger partial charge in [-0.15, -0.1) is 0 Å². The summed E-state index contributed by atoms with van der Waals surface area (Å²) < 4.78 is 1.22. The molecule has 2 unspecified atom stereocenters. The highest BCUT2D eigenvalue weighted by molar-refractivity contribution is 9.11. The molecule has 54 valence electrons.